The number of aromatic amines is 1. The van der Waals surface area contributed by atoms with Crippen LogP contribution < -0.4 is 10.6 Å². The highest BCUT2D eigenvalue weighted by Crippen LogP contribution is 2.30. The van der Waals surface area contributed by atoms with E-state index in [2.05, 4.69) is 44.7 Å². The lowest BCUT2D eigenvalue weighted by Crippen LogP contribution is -2.39. The van der Waals surface area contributed by atoms with Gasteiger partial charge in [0.15, 0.2) is 11.7 Å². The van der Waals surface area contributed by atoms with Crippen molar-refractivity contribution in [3.8, 4) is 0 Å². The topological polar surface area (TPSA) is 65.1 Å². The maximum atomic E-state index is 12.6. The maximum Gasteiger partial charge on any atom is 0.434 e. The summed E-state index contributed by atoms with van der Waals surface area (Å²) < 4.78 is 37.7. The molecule has 0 amide bonds. The van der Waals surface area contributed by atoms with Crippen molar-refractivity contribution in [3.63, 3.8) is 0 Å². The zero-order valence-corrected chi connectivity index (χ0v) is 19.2. The van der Waals surface area contributed by atoms with Crippen LogP contribution in [0.15, 0.2) is 34.8 Å². The summed E-state index contributed by atoms with van der Waals surface area (Å²) in [5.41, 5.74) is 2.76. The first-order valence-electron chi connectivity index (χ1n) is 8.90. The molecule has 3 aromatic rings. The van der Waals surface area contributed by atoms with Gasteiger partial charge in [0.2, 0.25) is 0 Å². The molecular weight excluding hydrogens is 514 g/mol. The lowest BCUT2D eigenvalue weighted by Gasteiger charge is -2.11. The largest absolute Gasteiger partial charge is 0.434 e. The highest BCUT2D eigenvalue weighted by atomic mass is 127. The molecule has 0 aliphatic rings. The van der Waals surface area contributed by atoms with E-state index in [0.717, 1.165) is 28.7 Å². The molecule has 10 heteroatoms. The number of thiazole rings is 1. The number of aromatic nitrogens is 2. The van der Waals surface area contributed by atoms with Crippen LogP contribution in [0.5, 0.6) is 0 Å². The Balaban J connectivity index is 0.00000300. The van der Waals surface area contributed by atoms with Gasteiger partial charge in [-0.3, -0.25) is 4.99 Å². The molecule has 0 radical (unpaired) electrons. The van der Waals surface area contributed by atoms with Crippen molar-refractivity contribution in [3.05, 3.63) is 51.6 Å². The molecule has 0 aliphatic carbocycles. The van der Waals surface area contributed by atoms with Crippen molar-refractivity contribution in [1.82, 2.24) is 20.6 Å². The second-order valence-electron chi connectivity index (χ2n) is 6.36. The fourth-order valence-electron chi connectivity index (χ4n) is 3.03. The van der Waals surface area contributed by atoms with Crippen LogP contribution in [-0.4, -0.2) is 36.1 Å². The van der Waals surface area contributed by atoms with Gasteiger partial charge in [0.25, 0.3) is 0 Å². The number of rotatable bonds is 6. The Hall–Kier alpha value is -1.82. The summed E-state index contributed by atoms with van der Waals surface area (Å²) in [7, 11) is 1.66. The van der Waals surface area contributed by atoms with Gasteiger partial charge in [-0.2, -0.15) is 13.2 Å². The van der Waals surface area contributed by atoms with Crippen molar-refractivity contribution in [2.45, 2.75) is 25.9 Å². The van der Waals surface area contributed by atoms with E-state index < -0.39 is 11.9 Å². The quantitative estimate of drug-likeness (QED) is 0.246. The molecule has 158 valence electrons. The van der Waals surface area contributed by atoms with Crippen LogP contribution in [0, 0.1) is 6.92 Å². The van der Waals surface area contributed by atoms with Crippen molar-refractivity contribution < 1.29 is 13.2 Å². The molecule has 2 aromatic heterocycles. The highest BCUT2D eigenvalue weighted by Gasteiger charge is 2.33. The summed E-state index contributed by atoms with van der Waals surface area (Å²) in [4.78, 5) is 11.1. The smallest absolute Gasteiger partial charge is 0.361 e. The van der Waals surface area contributed by atoms with Crippen LogP contribution in [0.25, 0.3) is 10.9 Å². The monoisotopic (exact) mass is 537 g/mol. The standard InChI is InChI=1S/C19H22F3N5S.HI/c1-12-4-3-5-14-17(12)13(10-26-14)6-8-24-18(23-2)25-9-7-16-27-15(11-28-16)19(20,21)22;/h3-5,10-11,26H,6-9H2,1-2H3,(H2,23,24,25);1H. The van der Waals surface area contributed by atoms with Gasteiger partial charge in [0.1, 0.15) is 0 Å². The minimum absolute atomic E-state index is 0. The predicted octanol–water partition coefficient (Wildman–Crippen LogP) is 4.52. The molecule has 2 heterocycles. The van der Waals surface area contributed by atoms with Gasteiger partial charge in [-0.25, -0.2) is 4.98 Å². The van der Waals surface area contributed by atoms with Crippen LogP contribution in [0.4, 0.5) is 13.2 Å². The number of benzene rings is 1. The Bertz CT molecular complexity index is 964. The minimum Gasteiger partial charge on any atom is -0.361 e. The molecular formula is C19H23F3IN5S. The second kappa shape index (κ2) is 10.3. The van der Waals surface area contributed by atoms with Crippen LogP contribution in [0.2, 0.25) is 0 Å². The number of hydrogen-bond donors (Lipinski definition) is 3. The molecule has 0 bridgehead atoms. The minimum atomic E-state index is -4.39. The highest BCUT2D eigenvalue weighted by molar-refractivity contribution is 14.0. The Morgan fingerprint density at radius 2 is 1.93 bits per heavy atom. The molecule has 3 rings (SSSR count). The summed E-state index contributed by atoms with van der Waals surface area (Å²) >= 11 is 1.02. The number of hydrogen-bond acceptors (Lipinski definition) is 3. The van der Waals surface area contributed by atoms with Gasteiger partial charge in [0.05, 0.1) is 5.01 Å². The molecule has 0 saturated carbocycles. The van der Waals surface area contributed by atoms with E-state index >= 15 is 0 Å². The summed E-state index contributed by atoms with van der Waals surface area (Å²) in [6.45, 7) is 3.24. The third kappa shape index (κ3) is 6.08. The fraction of sp³-hybridized carbons (Fsp3) is 0.368. The van der Waals surface area contributed by atoms with Crippen molar-refractivity contribution in [2.75, 3.05) is 20.1 Å². The van der Waals surface area contributed by atoms with E-state index in [9.17, 15) is 13.2 Å². The first-order chi connectivity index (χ1) is 13.4. The number of halogens is 4. The Morgan fingerprint density at radius 3 is 2.59 bits per heavy atom. The maximum absolute atomic E-state index is 12.6. The number of H-pyrrole nitrogens is 1. The first-order valence-corrected chi connectivity index (χ1v) is 9.78. The van der Waals surface area contributed by atoms with Gasteiger partial charge in [-0.15, -0.1) is 35.3 Å². The van der Waals surface area contributed by atoms with E-state index in [4.69, 9.17) is 0 Å². The number of aliphatic imine (C=N–C) groups is 1. The molecule has 3 N–H and O–H groups in total. The summed E-state index contributed by atoms with van der Waals surface area (Å²) in [5.74, 6) is 0.615. The number of nitrogens with zero attached hydrogens (tertiary/aromatic N) is 2. The number of fused-ring (bicyclic) bond motifs is 1. The van der Waals surface area contributed by atoms with Gasteiger partial charge in [-0.1, -0.05) is 12.1 Å². The summed E-state index contributed by atoms with van der Waals surface area (Å²) in [6.07, 6.45) is -1.13. The van der Waals surface area contributed by atoms with Crippen LogP contribution in [-0.2, 0) is 19.0 Å². The van der Waals surface area contributed by atoms with Crippen molar-refractivity contribution in [2.24, 2.45) is 4.99 Å². The number of aryl methyl sites for hydroxylation is 1. The van der Waals surface area contributed by atoms with E-state index in [1.807, 2.05) is 12.3 Å². The molecule has 0 saturated heterocycles. The van der Waals surface area contributed by atoms with Gasteiger partial charge in [0, 0.05) is 49.0 Å². The van der Waals surface area contributed by atoms with Crippen LogP contribution in [0.3, 0.4) is 0 Å². The molecule has 1 aromatic carbocycles. The molecule has 0 aliphatic heterocycles. The third-order valence-corrected chi connectivity index (χ3v) is 5.29. The second-order valence-corrected chi connectivity index (χ2v) is 7.30. The average Bonchev–Trinajstić information content (AvgIpc) is 3.28. The molecule has 0 spiro atoms. The molecule has 0 atom stereocenters. The summed E-state index contributed by atoms with van der Waals surface area (Å²) in [6, 6.07) is 6.18. The van der Waals surface area contributed by atoms with Crippen LogP contribution in [0.1, 0.15) is 21.8 Å². The van der Waals surface area contributed by atoms with Crippen LogP contribution >= 0.6 is 35.3 Å². The Labute approximate surface area is 188 Å². The van der Waals surface area contributed by atoms with E-state index in [0.29, 0.717) is 30.5 Å². The zero-order valence-electron chi connectivity index (χ0n) is 16.1. The first kappa shape index (κ1) is 23.5. The molecule has 0 fully saturated rings. The number of guanidine groups is 1. The molecule has 29 heavy (non-hydrogen) atoms. The Kier molecular flexibility index (Phi) is 8.32. The SMILES string of the molecule is CN=C(NCCc1nc(C(F)(F)F)cs1)NCCc1c[nH]c2cccc(C)c12.I. The van der Waals surface area contributed by atoms with Crippen molar-refractivity contribution in [1.29, 1.82) is 0 Å². The molecule has 0 unspecified atom stereocenters. The van der Waals surface area contributed by atoms with Gasteiger partial charge >= 0.3 is 6.18 Å². The Morgan fingerprint density at radius 1 is 1.21 bits per heavy atom. The van der Waals surface area contributed by atoms with E-state index in [-0.39, 0.29) is 24.0 Å². The predicted molar refractivity (Wildman–Crippen MR) is 122 cm³/mol. The molecule has 5 nitrogen and oxygen atoms in total. The lowest BCUT2D eigenvalue weighted by atomic mass is 10.1. The van der Waals surface area contributed by atoms with Gasteiger partial charge < -0.3 is 15.6 Å². The fourth-order valence-corrected chi connectivity index (χ4v) is 3.83. The lowest BCUT2D eigenvalue weighted by molar-refractivity contribution is -0.140. The van der Waals surface area contributed by atoms with E-state index in [1.165, 1.54) is 16.5 Å². The average molecular weight is 537 g/mol. The normalized spacial score (nSPS) is 12.1. The number of alkyl halides is 3. The summed E-state index contributed by atoms with van der Waals surface area (Å²) in [5, 5.41) is 9.09. The van der Waals surface area contributed by atoms with Gasteiger partial charge in [-0.05, 0) is 30.5 Å². The number of nitrogens with one attached hydrogen (secondary N) is 3. The third-order valence-electron chi connectivity index (χ3n) is 4.38. The van der Waals surface area contributed by atoms with Crippen molar-refractivity contribution >= 4 is 52.2 Å². The zero-order chi connectivity index (χ0) is 20.1. The van der Waals surface area contributed by atoms with E-state index in [1.54, 1.807) is 7.05 Å².